The third kappa shape index (κ3) is 2.85. The lowest BCUT2D eigenvalue weighted by molar-refractivity contribution is -0.181. The van der Waals surface area contributed by atoms with E-state index < -0.39 is 53.9 Å². The Kier molecular flexibility index (Phi) is 4.75. The summed E-state index contributed by atoms with van der Waals surface area (Å²) < 4.78 is 5.03. The van der Waals surface area contributed by atoms with E-state index in [4.69, 9.17) is 4.74 Å². The van der Waals surface area contributed by atoms with Crippen LogP contribution in [0.1, 0.15) is 18.1 Å². The maximum atomic E-state index is 12.3. The first kappa shape index (κ1) is 18.0. The first-order chi connectivity index (χ1) is 12.4. The molecule has 2 amide bonds. The van der Waals surface area contributed by atoms with Gasteiger partial charge in [0, 0.05) is 13.5 Å². The smallest absolute Gasteiger partial charge is 0.334 e. The number of carbonyl (C=O) groups excluding carboxylic acids is 3. The molecule has 138 valence electrons. The summed E-state index contributed by atoms with van der Waals surface area (Å²) in [5, 5.41) is 21.8. The van der Waals surface area contributed by atoms with Crippen molar-refractivity contribution < 1.29 is 34.1 Å². The van der Waals surface area contributed by atoms with E-state index in [0.717, 1.165) is 4.90 Å². The molecule has 26 heavy (non-hydrogen) atoms. The van der Waals surface area contributed by atoms with Gasteiger partial charge in [-0.15, -0.1) is 0 Å². The summed E-state index contributed by atoms with van der Waals surface area (Å²) in [6.45, 7) is 0. The molecule has 0 saturated carbocycles. The molecule has 1 aromatic rings. The van der Waals surface area contributed by atoms with Crippen LogP contribution < -0.4 is 5.32 Å². The number of nitrogens with one attached hydrogen (secondary N) is 1. The Bertz CT molecular complexity index is 751. The Morgan fingerprint density at radius 2 is 1.92 bits per heavy atom. The number of nitrogens with zero attached hydrogens (tertiary/aromatic N) is 1. The number of amides is 2. The first-order valence-electron chi connectivity index (χ1n) is 8.01. The number of hydrogen-bond donors (Lipinski definition) is 3. The number of Topliss-reactive ketones (excluding diaryl/α,β-unsaturated/α-hetero) is 1. The predicted molar refractivity (Wildman–Crippen MR) is 85.8 cm³/mol. The Hall–Kier alpha value is -2.78. The number of carboxylic acids is 1. The van der Waals surface area contributed by atoms with E-state index in [9.17, 15) is 29.4 Å². The summed E-state index contributed by atoms with van der Waals surface area (Å²) in [4.78, 5) is 49.0. The van der Waals surface area contributed by atoms with Crippen LogP contribution in [0.3, 0.4) is 0 Å². The molecule has 0 bridgehead atoms. The molecule has 5 atom stereocenters. The maximum Gasteiger partial charge on any atom is 0.334 e. The largest absolute Gasteiger partial charge is 0.479 e. The number of piperidine rings is 1. The van der Waals surface area contributed by atoms with Gasteiger partial charge in [-0.3, -0.25) is 14.4 Å². The second-order valence-corrected chi connectivity index (χ2v) is 6.22. The zero-order chi connectivity index (χ0) is 19.0. The fourth-order valence-corrected chi connectivity index (χ4v) is 3.41. The van der Waals surface area contributed by atoms with E-state index in [2.05, 4.69) is 5.32 Å². The highest BCUT2D eigenvalue weighted by Crippen LogP contribution is 2.34. The molecule has 0 aliphatic carbocycles. The van der Waals surface area contributed by atoms with E-state index in [1.165, 1.54) is 7.11 Å². The highest BCUT2D eigenvalue weighted by atomic mass is 16.5. The number of carbonyl (C=O) groups is 4. The molecule has 3 rings (SSSR count). The second-order valence-electron chi connectivity index (χ2n) is 6.22. The Labute approximate surface area is 148 Å². The molecular formula is C17H18N2O7. The van der Waals surface area contributed by atoms with E-state index >= 15 is 0 Å². The number of aliphatic hydroxyl groups is 1. The molecule has 9 nitrogen and oxygen atoms in total. The quantitative estimate of drug-likeness (QED) is 0.445. The lowest BCUT2D eigenvalue weighted by Crippen LogP contribution is -2.79. The minimum atomic E-state index is -1.63. The average Bonchev–Trinajstić information content (AvgIpc) is 2.65. The van der Waals surface area contributed by atoms with Gasteiger partial charge in [-0.1, -0.05) is 30.3 Å². The summed E-state index contributed by atoms with van der Waals surface area (Å²) >= 11 is 0. The fraction of sp³-hybridized carbons (Fsp3) is 0.412. The van der Waals surface area contributed by atoms with Crippen molar-refractivity contribution in [3.63, 3.8) is 0 Å². The summed E-state index contributed by atoms with van der Waals surface area (Å²) in [6.07, 6.45) is -2.35. The van der Waals surface area contributed by atoms with Gasteiger partial charge in [0.1, 0.15) is 12.1 Å². The molecule has 2 aliphatic heterocycles. The molecule has 0 spiro atoms. The van der Waals surface area contributed by atoms with Crippen molar-refractivity contribution in [1.82, 2.24) is 10.2 Å². The molecule has 3 N–H and O–H groups in total. The van der Waals surface area contributed by atoms with Crippen LogP contribution in [0, 0.1) is 0 Å². The number of carboxylic acid groups (broad SMARTS) is 1. The monoisotopic (exact) mass is 362 g/mol. The predicted octanol–water partition coefficient (Wildman–Crippen LogP) is -1.14. The van der Waals surface area contributed by atoms with E-state index in [0.29, 0.717) is 5.56 Å². The van der Waals surface area contributed by atoms with Gasteiger partial charge >= 0.3 is 5.97 Å². The van der Waals surface area contributed by atoms with Gasteiger partial charge in [-0.05, 0) is 5.56 Å². The van der Waals surface area contributed by atoms with E-state index in [1.807, 2.05) is 0 Å². The molecule has 2 aliphatic rings. The Balaban J connectivity index is 1.74. The lowest BCUT2D eigenvalue weighted by Gasteiger charge is -2.53. The van der Waals surface area contributed by atoms with Crippen LogP contribution in [0.5, 0.6) is 0 Å². The van der Waals surface area contributed by atoms with E-state index in [1.54, 1.807) is 30.3 Å². The van der Waals surface area contributed by atoms with Gasteiger partial charge < -0.3 is 25.2 Å². The van der Waals surface area contributed by atoms with Gasteiger partial charge in [0.05, 0.1) is 6.04 Å². The number of methoxy groups -OCH3 is 1. The van der Waals surface area contributed by atoms with Crippen molar-refractivity contribution in [2.75, 3.05) is 7.11 Å². The zero-order valence-corrected chi connectivity index (χ0v) is 13.9. The first-order valence-corrected chi connectivity index (χ1v) is 8.01. The summed E-state index contributed by atoms with van der Waals surface area (Å²) in [7, 11) is 1.28. The molecule has 2 fully saturated rings. The SMILES string of the molecule is CO[C@@H]1C[C@H]2[C@H](NC(=O)C(O)c3ccccc3)C(=O)N2[C@@H](C(=O)O)C1=O. The third-order valence-corrected chi connectivity index (χ3v) is 4.76. The molecule has 0 radical (unpaired) electrons. The number of aliphatic carboxylic acids is 1. The minimum Gasteiger partial charge on any atom is -0.479 e. The second kappa shape index (κ2) is 6.85. The van der Waals surface area contributed by atoms with Gasteiger partial charge in [0.2, 0.25) is 5.91 Å². The average molecular weight is 362 g/mol. The van der Waals surface area contributed by atoms with Crippen LogP contribution in [-0.2, 0) is 23.9 Å². The number of benzene rings is 1. The topological polar surface area (TPSA) is 133 Å². The molecule has 0 aromatic heterocycles. The maximum absolute atomic E-state index is 12.3. The van der Waals surface area contributed by atoms with Crippen molar-refractivity contribution in [3.05, 3.63) is 35.9 Å². The number of fused-ring (bicyclic) bond motifs is 1. The molecule has 2 heterocycles. The number of β-lactam (4-membered cyclic amide) rings is 1. The fourth-order valence-electron chi connectivity index (χ4n) is 3.41. The summed E-state index contributed by atoms with van der Waals surface area (Å²) in [5.74, 6) is -3.58. The lowest BCUT2D eigenvalue weighted by atomic mass is 9.80. The summed E-state index contributed by atoms with van der Waals surface area (Å²) in [6, 6.07) is 4.88. The van der Waals surface area contributed by atoms with Crippen molar-refractivity contribution in [1.29, 1.82) is 0 Å². The van der Waals surface area contributed by atoms with Gasteiger partial charge in [0.25, 0.3) is 5.91 Å². The zero-order valence-electron chi connectivity index (χ0n) is 13.9. The van der Waals surface area contributed by atoms with Crippen molar-refractivity contribution in [2.24, 2.45) is 0 Å². The van der Waals surface area contributed by atoms with Crippen molar-refractivity contribution in [2.45, 2.75) is 36.8 Å². The van der Waals surface area contributed by atoms with Gasteiger partial charge in [-0.2, -0.15) is 0 Å². The Morgan fingerprint density at radius 3 is 2.50 bits per heavy atom. The number of aliphatic hydroxyl groups excluding tert-OH is 1. The van der Waals surface area contributed by atoms with Gasteiger partial charge in [0.15, 0.2) is 17.9 Å². The standard InChI is InChI=1S/C17H18N2O7/c1-26-10-7-9-11(16(23)19(9)12(14(10)21)17(24)25)18-15(22)13(20)8-5-3-2-4-6-8/h2-6,9-13,20H,7H2,1H3,(H,18,22)(H,24,25)/t9-,10+,11-,12+,13?/m0/s1. The van der Waals surface area contributed by atoms with Crippen LogP contribution >= 0.6 is 0 Å². The van der Waals surface area contributed by atoms with Crippen molar-refractivity contribution in [3.8, 4) is 0 Å². The van der Waals surface area contributed by atoms with Crippen molar-refractivity contribution >= 4 is 23.6 Å². The number of ketones is 1. The summed E-state index contributed by atoms with van der Waals surface area (Å²) in [5.41, 5.74) is 0.366. The number of ether oxygens (including phenoxy) is 1. The molecule has 1 aromatic carbocycles. The van der Waals surface area contributed by atoms with Gasteiger partial charge in [-0.25, -0.2) is 4.79 Å². The molecule has 1 unspecified atom stereocenters. The van der Waals surface area contributed by atoms with Crippen LogP contribution in [0.4, 0.5) is 0 Å². The highest BCUT2D eigenvalue weighted by Gasteiger charge is 2.60. The number of rotatable bonds is 5. The van der Waals surface area contributed by atoms with Crippen LogP contribution in [0.2, 0.25) is 0 Å². The molecular weight excluding hydrogens is 344 g/mol. The number of hydrogen-bond acceptors (Lipinski definition) is 6. The normalized spacial score (nSPS) is 28.8. The molecule has 9 heteroatoms. The third-order valence-electron chi connectivity index (χ3n) is 4.76. The van der Waals surface area contributed by atoms with Crippen LogP contribution in [0.15, 0.2) is 30.3 Å². The highest BCUT2D eigenvalue weighted by molar-refractivity contribution is 6.11. The minimum absolute atomic E-state index is 0.0806. The molecule has 2 saturated heterocycles. The van der Waals surface area contributed by atoms with Crippen LogP contribution in [0.25, 0.3) is 0 Å². The Morgan fingerprint density at radius 1 is 1.27 bits per heavy atom. The van der Waals surface area contributed by atoms with E-state index in [-0.39, 0.29) is 6.42 Å². The van der Waals surface area contributed by atoms with Crippen LogP contribution in [-0.4, -0.2) is 70.0 Å².